The van der Waals surface area contributed by atoms with Gasteiger partial charge < -0.3 is 10.2 Å². The van der Waals surface area contributed by atoms with Crippen LogP contribution in [0.1, 0.15) is 39.2 Å². The van der Waals surface area contributed by atoms with Crippen LogP contribution in [0.15, 0.2) is 24.3 Å². The van der Waals surface area contributed by atoms with Crippen molar-refractivity contribution in [2.75, 3.05) is 24.5 Å². The Bertz CT molecular complexity index is 367. The Morgan fingerprint density at radius 3 is 2.33 bits per heavy atom. The quantitative estimate of drug-likeness (QED) is 0.881. The highest BCUT2D eigenvalue weighted by Crippen LogP contribution is 2.22. The highest BCUT2D eigenvalue weighted by atomic mass is 15.2. The van der Waals surface area contributed by atoms with Gasteiger partial charge in [0.05, 0.1) is 0 Å². The van der Waals surface area contributed by atoms with Crippen LogP contribution in [0.3, 0.4) is 0 Å². The first-order valence-electron chi connectivity index (χ1n) is 7.16. The zero-order valence-electron chi connectivity index (χ0n) is 12.1. The SMILES string of the molecule is CC(C)c1ccc(N2CCNC(C(C)C)C2)cc1. The first-order valence-corrected chi connectivity index (χ1v) is 7.16. The lowest BCUT2D eigenvalue weighted by atomic mass is 10.0. The maximum Gasteiger partial charge on any atom is 0.0367 e. The van der Waals surface area contributed by atoms with Crippen molar-refractivity contribution in [3.05, 3.63) is 29.8 Å². The molecule has 1 unspecified atom stereocenters. The van der Waals surface area contributed by atoms with E-state index in [9.17, 15) is 0 Å². The second kappa shape index (κ2) is 5.75. The molecule has 0 amide bonds. The van der Waals surface area contributed by atoms with Crippen molar-refractivity contribution >= 4 is 5.69 Å². The van der Waals surface area contributed by atoms with Crippen LogP contribution in [-0.4, -0.2) is 25.7 Å². The van der Waals surface area contributed by atoms with Crippen molar-refractivity contribution in [3.8, 4) is 0 Å². The van der Waals surface area contributed by atoms with Crippen molar-refractivity contribution < 1.29 is 0 Å². The van der Waals surface area contributed by atoms with Gasteiger partial charge in [-0.05, 0) is 29.5 Å². The van der Waals surface area contributed by atoms with Gasteiger partial charge in [-0.15, -0.1) is 0 Å². The summed E-state index contributed by atoms with van der Waals surface area (Å²) in [4.78, 5) is 2.51. The van der Waals surface area contributed by atoms with Crippen LogP contribution in [0.2, 0.25) is 0 Å². The summed E-state index contributed by atoms with van der Waals surface area (Å²) in [5.74, 6) is 1.31. The molecule has 1 N–H and O–H groups in total. The fourth-order valence-electron chi connectivity index (χ4n) is 2.53. The molecule has 0 aromatic heterocycles. The van der Waals surface area contributed by atoms with Crippen molar-refractivity contribution in [2.24, 2.45) is 5.92 Å². The topological polar surface area (TPSA) is 15.3 Å². The average Bonchev–Trinajstić information content (AvgIpc) is 2.39. The van der Waals surface area contributed by atoms with E-state index in [0.717, 1.165) is 19.6 Å². The first kappa shape index (κ1) is 13.4. The summed E-state index contributed by atoms with van der Waals surface area (Å²) in [6.45, 7) is 12.4. The summed E-state index contributed by atoms with van der Waals surface area (Å²) in [5, 5.41) is 3.61. The molecule has 100 valence electrons. The largest absolute Gasteiger partial charge is 0.369 e. The molecule has 0 aliphatic carbocycles. The molecule has 1 aliphatic heterocycles. The summed E-state index contributed by atoms with van der Waals surface area (Å²) >= 11 is 0. The van der Waals surface area contributed by atoms with Gasteiger partial charge in [-0.3, -0.25) is 0 Å². The van der Waals surface area contributed by atoms with E-state index in [4.69, 9.17) is 0 Å². The Balaban J connectivity index is 2.06. The zero-order valence-corrected chi connectivity index (χ0v) is 12.1. The number of anilines is 1. The lowest BCUT2D eigenvalue weighted by molar-refractivity contribution is 0.368. The van der Waals surface area contributed by atoms with Crippen LogP contribution >= 0.6 is 0 Å². The Morgan fingerprint density at radius 2 is 1.78 bits per heavy atom. The Morgan fingerprint density at radius 1 is 1.11 bits per heavy atom. The molecule has 1 saturated heterocycles. The summed E-state index contributed by atoms with van der Waals surface area (Å²) in [5.41, 5.74) is 2.79. The number of benzene rings is 1. The first-order chi connectivity index (χ1) is 8.58. The maximum absolute atomic E-state index is 3.61. The number of hydrogen-bond donors (Lipinski definition) is 1. The molecular weight excluding hydrogens is 220 g/mol. The van der Waals surface area contributed by atoms with E-state index in [1.54, 1.807) is 0 Å². The maximum atomic E-state index is 3.61. The molecule has 0 spiro atoms. The van der Waals surface area contributed by atoms with Crippen LogP contribution in [0.4, 0.5) is 5.69 Å². The van der Waals surface area contributed by atoms with Crippen LogP contribution in [-0.2, 0) is 0 Å². The molecular formula is C16H26N2. The normalized spacial score (nSPS) is 20.8. The van der Waals surface area contributed by atoms with Crippen LogP contribution in [0.25, 0.3) is 0 Å². The molecule has 1 heterocycles. The smallest absolute Gasteiger partial charge is 0.0367 e. The zero-order chi connectivity index (χ0) is 13.1. The molecule has 1 aromatic carbocycles. The molecule has 0 saturated carbocycles. The summed E-state index contributed by atoms with van der Waals surface area (Å²) in [6, 6.07) is 9.71. The highest BCUT2D eigenvalue weighted by molar-refractivity contribution is 5.48. The molecule has 1 aliphatic rings. The third-order valence-electron chi connectivity index (χ3n) is 3.93. The number of piperazine rings is 1. The number of rotatable bonds is 3. The van der Waals surface area contributed by atoms with Crippen LogP contribution < -0.4 is 10.2 Å². The van der Waals surface area contributed by atoms with Crippen molar-refractivity contribution in [2.45, 2.75) is 39.7 Å². The van der Waals surface area contributed by atoms with Crippen LogP contribution in [0, 0.1) is 5.92 Å². The monoisotopic (exact) mass is 246 g/mol. The third-order valence-corrected chi connectivity index (χ3v) is 3.93. The number of hydrogen-bond acceptors (Lipinski definition) is 2. The fourth-order valence-corrected chi connectivity index (χ4v) is 2.53. The van der Waals surface area contributed by atoms with E-state index in [2.05, 4.69) is 62.2 Å². The molecule has 18 heavy (non-hydrogen) atoms. The predicted octanol–water partition coefficient (Wildman–Crippen LogP) is 3.24. The minimum absolute atomic E-state index is 0.614. The molecule has 1 atom stereocenters. The highest BCUT2D eigenvalue weighted by Gasteiger charge is 2.21. The number of nitrogens with zero attached hydrogens (tertiary/aromatic N) is 1. The lowest BCUT2D eigenvalue weighted by Crippen LogP contribution is -2.52. The lowest BCUT2D eigenvalue weighted by Gasteiger charge is -2.37. The van der Waals surface area contributed by atoms with Crippen molar-refractivity contribution in [1.29, 1.82) is 0 Å². The summed E-state index contributed by atoms with van der Waals surface area (Å²) in [7, 11) is 0. The van der Waals surface area contributed by atoms with Crippen molar-refractivity contribution in [3.63, 3.8) is 0 Å². The standard InChI is InChI=1S/C16H26N2/c1-12(2)14-5-7-15(8-6-14)18-10-9-17-16(11-18)13(3)4/h5-8,12-13,16-17H,9-11H2,1-4H3. The second-order valence-electron chi connectivity index (χ2n) is 6.00. The van der Waals surface area contributed by atoms with Gasteiger partial charge in [0.15, 0.2) is 0 Å². The van der Waals surface area contributed by atoms with Gasteiger partial charge in [0, 0.05) is 31.4 Å². The van der Waals surface area contributed by atoms with E-state index in [1.807, 2.05) is 0 Å². The van der Waals surface area contributed by atoms with Gasteiger partial charge >= 0.3 is 0 Å². The molecule has 1 aromatic rings. The Hall–Kier alpha value is -1.02. The van der Waals surface area contributed by atoms with E-state index >= 15 is 0 Å². The number of nitrogens with one attached hydrogen (secondary N) is 1. The fraction of sp³-hybridized carbons (Fsp3) is 0.625. The summed E-state index contributed by atoms with van der Waals surface area (Å²) < 4.78 is 0. The minimum Gasteiger partial charge on any atom is -0.369 e. The molecule has 2 nitrogen and oxygen atoms in total. The molecule has 1 fully saturated rings. The summed E-state index contributed by atoms with van der Waals surface area (Å²) in [6.07, 6.45) is 0. The molecule has 0 radical (unpaired) electrons. The molecule has 0 bridgehead atoms. The van der Waals surface area contributed by atoms with Crippen molar-refractivity contribution in [1.82, 2.24) is 5.32 Å². The second-order valence-corrected chi connectivity index (χ2v) is 6.00. The molecule has 2 heteroatoms. The van der Waals surface area contributed by atoms with Gasteiger partial charge in [-0.25, -0.2) is 0 Å². The Labute approximate surface area is 111 Å². The van der Waals surface area contributed by atoms with E-state index in [-0.39, 0.29) is 0 Å². The van der Waals surface area contributed by atoms with Gasteiger partial charge in [0.25, 0.3) is 0 Å². The predicted molar refractivity (Wildman–Crippen MR) is 79.4 cm³/mol. The van der Waals surface area contributed by atoms with Gasteiger partial charge in [-0.2, -0.15) is 0 Å². The molecule has 2 rings (SSSR count). The van der Waals surface area contributed by atoms with Gasteiger partial charge in [0.1, 0.15) is 0 Å². The van der Waals surface area contributed by atoms with E-state index in [1.165, 1.54) is 11.3 Å². The van der Waals surface area contributed by atoms with E-state index in [0.29, 0.717) is 17.9 Å². The van der Waals surface area contributed by atoms with Gasteiger partial charge in [0.2, 0.25) is 0 Å². The minimum atomic E-state index is 0.614. The third kappa shape index (κ3) is 3.05. The van der Waals surface area contributed by atoms with E-state index < -0.39 is 0 Å². The average molecular weight is 246 g/mol. The van der Waals surface area contributed by atoms with Crippen LogP contribution in [0.5, 0.6) is 0 Å². The van der Waals surface area contributed by atoms with Gasteiger partial charge in [-0.1, -0.05) is 39.8 Å². The Kier molecular flexibility index (Phi) is 4.28.